The molecular weight excluding hydrogens is 196 g/mol. The average molecular weight is 224 g/mol. The molecule has 0 radical (unpaired) electrons. The highest BCUT2D eigenvalue weighted by molar-refractivity contribution is 4.88. The summed E-state index contributed by atoms with van der Waals surface area (Å²) in [4.78, 5) is 2.68. The van der Waals surface area contributed by atoms with Gasteiger partial charge in [-0.15, -0.1) is 0 Å². The van der Waals surface area contributed by atoms with Crippen LogP contribution in [0.3, 0.4) is 0 Å². The van der Waals surface area contributed by atoms with Gasteiger partial charge >= 0.3 is 0 Å². The van der Waals surface area contributed by atoms with E-state index in [9.17, 15) is 0 Å². The first-order valence-electron chi connectivity index (χ1n) is 7.10. The van der Waals surface area contributed by atoms with Crippen LogP contribution in [0.15, 0.2) is 0 Å². The molecule has 0 bridgehead atoms. The van der Waals surface area contributed by atoms with Crippen LogP contribution in [-0.2, 0) is 0 Å². The third-order valence-electron chi connectivity index (χ3n) is 4.59. The number of likely N-dealkylation sites (N-methyl/N-ethyl adjacent to an activating group) is 1. The molecule has 2 nitrogen and oxygen atoms in total. The van der Waals surface area contributed by atoms with Crippen LogP contribution in [-0.4, -0.2) is 37.6 Å². The molecule has 2 rings (SSSR count). The van der Waals surface area contributed by atoms with Crippen molar-refractivity contribution in [2.75, 3.05) is 26.7 Å². The molecule has 1 atom stereocenters. The maximum Gasteiger partial charge on any atom is 0.0220 e. The molecule has 94 valence electrons. The highest BCUT2D eigenvalue weighted by atomic mass is 15.2. The first-order valence-corrected chi connectivity index (χ1v) is 7.10. The monoisotopic (exact) mass is 224 g/mol. The first kappa shape index (κ1) is 12.4. The van der Waals surface area contributed by atoms with Crippen molar-refractivity contribution < 1.29 is 0 Å². The number of nitrogens with zero attached hydrogens (tertiary/aromatic N) is 1. The van der Waals surface area contributed by atoms with Crippen LogP contribution in [0.25, 0.3) is 0 Å². The molecule has 0 amide bonds. The summed E-state index contributed by atoms with van der Waals surface area (Å²) in [6.07, 6.45) is 5.74. The molecule has 2 heteroatoms. The summed E-state index contributed by atoms with van der Waals surface area (Å²) in [6, 6.07) is 0.760. The largest absolute Gasteiger partial charge is 0.315 e. The van der Waals surface area contributed by atoms with Crippen molar-refractivity contribution in [3.63, 3.8) is 0 Å². The van der Waals surface area contributed by atoms with E-state index in [1.165, 1.54) is 45.3 Å². The number of hydrogen-bond donors (Lipinski definition) is 1. The normalized spacial score (nSPS) is 26.2. The van der Waals surface area contributed by atoms with Crippen LogP contribution in [0.5, 0.6) is 0 Å². The summed E-state index contributed by atoms with van der Waals surface area (Å²) in [5.74, 6) is 2.84. The number of rotatable bonds is 5. The Kier molecular flexibility index (Phi) is 4.26. The zero-order chi connectivity index (χ0) is 11.5. The van der Waals surface area contributed by atoms with Gasteiger partial charge in [-0.3, -0.25) is 0 Å². The van der Waals surface area contributed by atoms with Crippen LogP contribution in [0, 0.1) is 17.8 Å². The smallest absolute Gasteiger partial charge is 0.0220 e. The highest BCUT2D eigenvalue weighted by Crippen LogP contribution is 2.33. The summed E-state index contributed by atoms with van der Waals surface area (Å²) in [7, 11) is 2.13. The van der Waals surface area contributed by atoms with Crippen molar-refractivity contribution in [1.29, 1.82) is 0 Å². The minimum Gasteiger partial charge on any atom is -0.315 e. The molecule has 0 spiro atoms. The molecule has 2 aliphatic rings. The molecule has 1 unspecified atom stereocenters. The zero-order valence-corrected chi connectivity index (χ0v) is 11.2. The Morgan fingerprint density at radius 3 is 2.12 bits per heavy atom. The molecule has 16 heavy (non-hydrogen) atoms. The van der Waals surface area contributed by atoms with Gasteiger partial charge in [-0.25, -0.2) is 0 Å². The Labute approximate surface area is 101 Å². The van der Waals surface area contributed by atoms with E-state index < -0.39 is 0 Å². The Morgan fingerprint density at radius 2 is 1.69 bits per heavy atom. The summed E-state index contributed by atoms with van der Waals surface area (Å²) >= 11 is 0. The summed E-state index contributed by atoms with van der Waals surface area (Å²) < 4.78 is 0. The third kappa shape index (κ3) is 3.21. The van der Waals surface area contributed by atoms with E-state index in [1.54, 1.807) is 0 Å². The minimum atomic E-state index is 0.760. The molecular formula is C14H28N2. The van der Waals surface area contributed by atoms with Crippen molar-refractivity contribution in [2.24, 2.45) is 17.8 Å². The van der Waals surface area contributed by atoms with Crippen LogP contribution >= 0.6 is 0 Å². The fourth-order valence-electron chi connectivity index (χ4n) is 3.06. The summed E-state index contributed by atoms with van der Waals surface area (Å²) in [6.45, 7) is 8.69. The minimum absolute atomic E-state index is 0.760. The van der Waals surface area contributed by atoms with Gasteiger partial charge in [-0.1, -0.05) is 13.8 Å². The van der Waals surface area contributed by atoms with E-state index in [0.717, 1.165) is 23.8 Å². The van der Waals surface area contributed by atoms with E-state index in [2.05, 4.69) is 31.1 Å². The van der Waals surface area contributed by atoms with Gasteiger partial charge in [0.15, 0.2) is 0 Å². The van der Waals surface area contributed by atoms with Crippen molar-refractivity contribution in [3.8, 4) is 0 Å². The van der Waals surface area contributed by atoms with Crippen molar-refractivity contribution in [3.05, 3.63) is 0 Å². The van der Waals surface area contributed by atoms with Crippen LogP contribution in [0.2, 0.25) is 0 Å². The van der Waals surface area contributed by atoms with Gasteiger partial charge in [-0.2, -0.15) is 0 Å². The fraction of sp³-hybridized carbons (Fsp3) is 1.00. The molecule has 2 fully saturated rings. The molecule has 0 aromatic carbocycles. The SMILES string of the molecule is CNC(CN1CCC(C(C)C)CC1)C1CC1. The standard InChI is InChI=1S/C14H28N2/c1-11(2)12-6-8-16(9-7-12)10-14(15-3)13-4-5-13/h11-15H,4-10H2,1-3H3. The van der Waals surface area contributed by atoms with Crippen LogP contribution in [0.1, 0.15) is 39.5 Å². The van der Waals surface area contributed by atoms with Crippen LogP contribution in [0.4, 0.5) is 0 Å². The maximum absolute atomic E-state index is 3.50. The Hall–Kier alpha value is -0.0800. The molecule has 1 heterocycles. The van der Waals surface area contributed by atoms with Crippen molar-refractivity contribution >= 4 is 0 Å². The van der Waals surface area contributed by atoms with Gasteiger partial charge in [0.05, 0.1) is 0 Å². The van der Waals surface area contributed by atoms with Gasteiger partial charge in [0.25, 0.3) is 0 Å². The van der Waals surface area contributed by atoms with Crippen molar-refractivity contribution in [2.45, 2.75) is 45.6 Å². The fourth-order valence-corrected chi connectivity index (χ4v) is 3.06. The van der Waals surface area contributed by atoms with E-state index in [4.69, 9.17) is 0 Å². The molecule has 1 N–H and O–H groups in total. The Bertz CT molecular complexity index is 203. The van der Waals surface area contributed by atoms with E-state index in [0.29, 0.717) is 0 Å². The predicted octanol–water partition coefficient (Wildman–Crippen LogP) is 2.35. The summed E-state index contributed by atoms with van der Waals surface area (Å²) in [5.41, 5.74) is 0. The summed E-state index contributed by atoms with van der Waals surface area (Å²) in [5, 5.41) is 3.50. The lowest BCUT2D eigenvalue weighted by atomic mass is 9.86. The van der Waals surface area contributed by atoms with Gasteiger partial charge in [0.2, 0.25) is 0 Å². The topological polar surface area (TPSA) is 15.3 Å². The molecule has 0 aromatic rings. The third-order valence-corrected chi connectivity index (χ3v) is 4.59. The number of nitrogens with one attached hydrogen (secondary N) is 1. The Morgan fingerprint density at radius 1 is 1.06 bits per heavy atom. The second kappa shape index (κ2) is 5.50. The van der Waals surface area contributed by atoms with Gasteiger partial charge in [0, 0.05) is 12.6 Å². The molecule has 1 saturated carbocycles. The lowest BCUT2D eigenvalue weighted by molar-refractivity contribution is 0.143. The number of likely N-dealkylation sites (tertiary alicyclic amines) is 1. The number of hydrogen-bond acceptors (Lipinski definition) is 2. The second-order valence-electron chi connectivity index (χ2n) is 6.11. The zero-order valence-electron chi connectivity index (χ0n) is 11.2. The van der Waals surface area contributed by atoms with Crippen LogP contribution < -0.4 is 5.32 Å². The van der Waals surface area contributed by atoms with Crippen molar-refractivity contribution in [1.82, 2.24) is 10.2 Å². The van der Waals surface area contributed by atoms with E-state index in [1.807, 2.05) is 0 Å². The van der Waals surface area contributed by atoms with Gasteiger partial charge in [-0.05, 0) is 63.6 Å². The van der Waals surface area contributed by atoms with Gasteiger partial charge in [0.1, 0.15) is 0 Å². The Balaban J connectivity index is 1.71. The van der Waals surface area contributed by atoms with E-state index >= 15 is 0 Å². The molecule has 1 saturated heterocycles. The van der Waals surface area contributed by atoms with E-state index in [-0.39, 0.29) is 0 Å². The lowest BCUT2D eigenvalue weighted by Crippen LogP contribution is -2.44. The van der Waals surface area contributed by atoms with Gasteiger partial charge < -0.3 is 10.2 Å². The highest BCUT2D eigenvalue weighted by Gasteiger charge is 2.32. The second-order valence-corrected chi connectivity index (χ2v) is 6.11. The quantitative estimate of drug-likeness (QED) is 0.771. The predicted molar refractivity (Wildman–Crippen MR) is 69.6 cm³/mol. The molecule has 1 aliphatic heterocycles. The molecule has 0 aromatic heterocycles. The molecule has 1 aliphatic carbocycles. The average Bonchev–Trinajstić information content (AvgIpc) is 3.10. The first-order chi connectivity index (χ1) is 7.70. The maximum atomic E-state index is 3.50. The number of piperidine rings is 1. The lowest BCUT2D eigenvalue weighted by Gasteiger charge is -2.35.